The molecule has 2 N–H and O–H groups in total. The van der Waals surface area contributed by atoms with Crippen molar-refractivity contribution in [2.45, 2.75) is 38.9 Å². The summed E-state index contributed by atoms with van der Waals surface area (Å²) in [4.78, 5) is 4.11. The number of halogens is 3. The molecule has 1 aromatic heterocycles. The van der Waals surface area contributed by atoms with E-state index in [0.29, 0.717) is 37.1 Å². The lowest BCUT2D eigenvalue weighted by molar-refractivity contribution is -0.137. The van der Waals surface area contributed by atoms with Crippen LogP contribution in [0, 0.1) is 0 Å². The van der Waals surface area contributed by atoms with Crippen molar-refractivity contribution in [2.24, 2.45) is 4.99 Å². The molecule has 1 aromatic carbocycles. The summed E-state index contributed by atoms with van der Waals surface area (Å²) in [6, 6.07) is 7.07. The van der Waals surface area contributed by atoms with E-state index in [1.54, 1.807) is 7.05 Å². The first-order chi connectivity index (χ1) is 12.3. The van der Waals surface area contributed by atoms with Gasteiger partial charge in [-0.05, 0) is 30.0 Å². The summed E-state index contributed by atoms with van der Waals surface area (Å²) in [6.07, 6.45) is -3.72. The predicted octanol–water partition coefficient (Wildman–Crippen LogP) is 3.72. The van der Waals surface area contributed by atoms with E-state index in [-0.39, 0.29) is 0 Å². The minimum Gasteiger partial charge on any atom is -0.359 e. The van der Waals surface area contributed by atoms with Gasteiger partial charge in [-0.25, -0.2) is 0 Å². The van der Waals surface area contributed by atoms with E-state index in [2.05, 4.69) is 20.8 Å². The Labute approximate surface area is 150 Å². The van der Waals surface area contributed by atoms with Crippen molar-refractivity contribution in [3.05, 3.63) is 52.9 Å². The van der Waals surface area contributed by atoms with Gasteiger partial charge in [0.1, 0.15) is 0 Å². The Kier molecular flexibility index (Phi) is 6.65. The zero-order valence-corrected chi connectivity index (χ0v) is 15.0. The van der Waals surface area contributed by atoms with Gasteiger partial charge in [0.05, 0.1) is 17.8 Å². The van der Waals surface area contributed by atoms with Gasteiger partial charge in [0, 0.05) is 19.7 Å². The standard InChI is InChI=1S/C18H23F3N4O/c1-12(2)16-10-15(26-25-16)11-24-17(22-3)23-9-8-13-4-6-14(7-5-13)18(19,20)21/h4-7,10,12H,8-9,11H2,1-3H3,(H2,22,23,24). The van der Waals surface area contributed by atoms with E-state index >= 15 is 0 Å². The molecule has 142 valence electrons. The van der Waals surface area contributed by atoms with Gasteiger partial charge in [0.15, 0.2) is 11.7 Å². The van der Waals surface area contributed by atoms with Gasteiger partial charge in [-0.1, -0.05) is 31.1 Å². The molecule has 2 rings (SSSR count). The Balaban J connectivity index is 1.78. The second kappa shape index (κ2) is 8.73. The first kappa shape index (κ1) is 19.8. The molecule has 26 heavy (non-hydrogen) atoms. The third kappa shape index (κ3) is 5.79. The van der Waals surface area contributed by atoms with Crippen LogP contribution in [0.1, 0.15) is 42.3 Å². The lowest BCUT2D eigenvalue weighted by atomic mass is 10.1. The summed E-state index contributed by atoms with van der Waals surface area (Å²) in [5.74, 6) is 1.59. The molecule has 2 aromatic rings. The van der Waals surface area contributed by atoms with Gasteiger partial charge in [0.25, 0.3) is 0 Å². The Morgan fingerprint density at radius 1 is 1.19 bits per heavy atom. The zero-order valence-electron chi connectivity index (χ0n) is 15.0. The summed E-state index contributed by atoms with van der Waals surface area (Å²) in [7, 11) is 1.65. The number of aromatic nitrogens is 1. The smallest absolute Gasteiger partial charge is 0.359 e. The lowest BCUT2D eigenvalue weighted by Gasteiger charge is -2.11. The molecule has 1 heterocycles. The van der Waals surface area contributed by atoms with Crippen molar-refractivity contribution in [1.29, 1.82) is 0 Å². The lowest BCUT2D eigenvalue weighted by Crippen LogP contribution is -2.37. The Bertz CT molecular complexity index is 721. The van der Waals surface area contributed by atoms with Crippen LogP contribution in [0.25, 0.3) is 0 Å². The van der Waals surface area contributed by atoms with E-state index in [9.17, 15) is 13.2 Å². The molecule has 8 heteroatoms. The number of benzene rings is 1. The molecule has 0 aliphatic carbocycles. The van der Waals surface area contributed by atoms with Crippen molar-refractivity contribution in [3.8, 4) is 0 Å². The minimum atomic E-state index is -4.31. The van der Waals surface area contributed by atoms with Crippen molar-refractivity contribution in [3.63, 3.8) is 0 Å². The third-order valence-electron chi connectivity index (χ3n) is 3.81. The van der Waals surface area contributed by atoms with Gasteiger partial charge in [-0.2, -0.15) is 13.2 Å². The number of hydrogen-bond donors (Lipinski definition) is 2. The second-order valence-electron chi connectivity index (χ2n) is 6.17. The monoisotopic (exact) mass is 368 g/mol. The largest absolute Gasteiger partial charge is 0.416 e. The van der Waals surface area contributed by atoms with Gasteiger partial charge in [-0.15, -0.1) is 0 Å². The molecule has 0 atom stereocenters. The SMILES string of the molecule is CN=C(NCCc1ccc(C(F)(F)F)cc1)NCc1cc(C(C)C)no1. The summed E-state index contributed by atoms with van der Waals surface area (Å²) in [5.41, 5.74) is 1.07. The van der Waals surface area contributed by atoms with Gasteiger partial charge in [-0.3, -0.25) is 4.99 Å². The second-order valence-corrected chi connectivity index (χ2v) is 6.17. The van der Waals surface area contributed by atoms with E-state index in [4.69, 9.17) is 4.52 Å². The van der Waals surface area contributed by atoms with Crippen LogP contribution in [0.3, 0.4) is 0 Å². The molecule has 0 saturated heterocycles. The number of rotatable bonds is 6. The Morgan fingerprint density at radius 3 is 2.42 bits per heavy atom. The van der Waals surface area contributed by atoms with E-state index in [0.717, 1.165) is 23.4 Å². The summed E-state index contributed by atoms with van der Waals surface area (Å²) >= 11 is 0. The normalized spacial score (nSPS) is 12.5. The van der Waals surface area contributed by atoms with Crippen LogP contribution in [-0.4, -0.2) is 24.7 Å². The van der Waals surface area contributed by atoms with Crippen LogP contribution >= 0.6 is 0 Å². The molecule has 0 saturated carbocycles. The quantitative estimate of drug-likeness (QED) is 0.603. The highest BCUT2D eigenvalue weighted by Gasteiger charge is 2.29. The average Bonchev–Trinajstić information content (AvgIpc) is 3.07. The van der Waals surface area contributed by atoms with Crippen LogP contribution < -0.4 is 10.6 Å². The molecule has 0 radical (unpaired) electrons. The molecule has 0 bridgehead atoms. The maximum atomic E-state index is 12.5. The highest BCUT2D eigenvalue weighted by molar-refractivity contribution is 5.79. The van der Waals surface area contributed by atoms with Crippen molar-refractivity contribution >= 4 is 5.96 Å². The molecule has 0 unspecified atom stereocenters. The molecule has 0 aliphatic rings. The molecule has 0 spiro atoms. The van der Waals surface area contributed by atoms with Crippen molar-refractivity contribution in [1.82, 2.24) is 15.8 Å². The first-order valence-electron chi connectivity index (χ1n) is 8.35. The minimum absolute atomic E-state index is 0.300. The number of hydrogen-bond acceptors (Lipinski definition) is 3. The Morgan fingerprint density at radius 2 is 1.88 bits per heavy atom. The topological polar surface area (TPSA) is 62.5 Å². The average molecular weight is 368 g/mol. The maximum absolute atomic E-state index is 12.5. The van der Waals surface area contributed by atoms with Crippen LogP contribution in [0.4, 0.5) is 13.2 Å². The number of aliphatic imine (C=N–C) groups is 1. The van der Waals surface area contributed by atoms with Crippen LogP contribution in [0.15, 0.2) is 39.8 Å². The molecule has 0 amide bonds. The fraction of sp³-hybridized carbons (Fsp3) is 0.444. The first-order valence-corrected chi connectivity index (χ1v) is 8.35. The van der Waals surface area contributed by atoms with Crippen LogP contribution in [-0.2, 0) is 19.1 Å². The molecule has 0 fully saturated rings. The highest BCUT2D eigenvalue weighted by atomic mass is 19.4. The molecular formula is C18H23F3N4O. The zero-order chi connectivity index (χ0) is 19.2. The summed E-state index contributed by atoms with van der Waals surface area (Å²) < 4.78 is 42.9. The van der Waals surface area contributed by atoms with Crippen molar-refractivity contribution in [2.75, 3.05) is 13.6 Å². The number of alkyl halides is 3. The van der Waals surface area contributed by atoms with E-state index < -0.39 is 11.7 Å². The predicted molar refractivity (Wildman–Crippen MR) is 93.9 cm³/mol. The van der Waals surface area contributed by atoms with E-state index in [1.807, 2.05) is 19.9 Å². The number of guanidine groups is 1. The fourth-order valence-corrected chi connectivity index (χ4v) is 2.26. The molecular weight excluding hydrogens is 345 g/mol. The van der Waals surface area contributed by atoms with Crippen LogP contribution in [0.5, 0.6) is 0 Å². The van der Waals surface area contributed by atoms with Crippen molar-refractivity contribution < 1.29 is 17.7 Å². The maximum Gasteiger partial charge on any atom is 0.416 e. The third-order valence-corrected chi connectivity index (χ3v) is 3.81. The highest BCUT2D eigenvalue weighted by Crippen LogP contribution is 2.29. The number of nitrogens with zero attached hydrogens (tertiary/aromatic N) is 2. The Hall–Kier alpha value is -2.51. The van der Waals surface area contributed by atoms with Crippen LogP contribution in [0.2, 0.25) is 0 Å². The van der Waals surface area contributed by atoms with Gasteiger partial charge < -0.3 is 15.2 Å². The fourth-order valence-electron chi connectivity index (χ4n) is 2.26. The van der Waals surface area contributed by atoms with Gasteiger partial charge >= 0.3 is 6.18 Å². The molecule has 5 nitrogen and oxygen atoms in total. The molecule has 0 aliphatic heterocycles. The summed E-state index contributed by atoms with van der Waals surface area (Å²) in [5, 5.41) is 10.2. The summed E-state index contributed by atoms with van der Waals surface area (Å²) in [6.45, 7) is 5.06. The van der Waals surface area contributed by atoms with Gasteiger partial charge in [0.2, 0.25) is 0 Å². The number of nitrogens with one attached hydrogen (secondary N) is 2. The van der Waals surface area contributed by atoms with E-state index in [1.165, 1.54) is 12.1 Å².